The molecule has 0 saturated carbocycles. The largest absolute Gasteiger partial charge is 0.360 e. The van der Waals surface area contributed by atoms with Gasteiger partial charge in [-0.2, -0.15) is 4.72 Å². The third kappa shape index (κ3) is 3.72. The smallest absolute Gasteiger partial charge is 0.246 e. The molecule has 5 nitrogen and oxygen atoms in total. The Morgan fingerprint density at radius 1 is 1.15 bits per heavy atom. The normalized spacial score (nSPS) is 12.9. The fourth-order valence-electron chi connectivity index (χ4n) is 2.76. The maximum absolute atomic E-state index is 14.6. The maximum atomic E-state index is 14.6. The number of aryl methyl sites for hydroxylation is 2. The predicted molar refractivity (Wildman–Crippen MR) is 98.7 cm³/mol. The minimum absolute atomic E-state index is 0.0315. The van der Waals surface area contributed by atoms with Gasteiger partial charge in [-0.1, -0.05) is 57.5 Å². The first-order valence-electron chi connectivity index (χ1n) is 7.74. The first-order chi connectivity index (χ1) is 12.3. The topological polar surface area (TPSA) is 72.2 Å². The van der Waals surface area contributed by atoms with Crippen LogP contribution < -0.4 is 4.72 Å². The Morgan fingerprint density at radius 2 is 1.85 bits per heavy atom. The van der Waals surface area contributed by atoms with E-state index >= 15 is 0 Å². The zero-order valence-electron chi connectivity index (χ0n) is 14.0. The van der Waals surface area contributed by atoms with Crippen LogP contribution in [0.3, 0.4) is 0 Å². The summed E-state index contributed by atoms with van der Waals surface area (Å²) in [5, 5.41) is 3.69. The lowest BCUT2D eigenvalue weighted by Crippen LogP contribution is -2.30. The summed E-state index contributed by atoms with van der Waals surface area (Å²) in [6.07, 6.45) is 0. The van der Waals surface area contributed by atoms with Crippen molar-refractivity contribution in [2.24, 2.45) is 0 Å². The number of nitrogens with one attached hydrogen (secondary N) is 1. The van der Waals surface area contributed by atoms with E-state index in [1.165, 1.54) is 13.0 Å². The Hall–Kier alpha value is -2.03. The van der Waals surface area contributed by atoms with Crippen LogP contribution in [0.5, 0.6) is 0 Å². The number of halogens is 2. The molecule has 0 aliphatic carbocycles. The van der Waals surface area contributed by atoms with Gasteiger partial charge in [-0.25, -0.2) is 12.8 Å². The van der Waals surface area contributed by atoms with Crippen molar-refractivity contribution in [3.05, 3.63) is 81.4 Å². The van der Waals surface area contributed by atoms with Crippen molar-refractivity contribution in [3.63, 3.8) is 0 Å². The monoisotopic (exact) mass is 438 g/mol. The first kappa shape index (κ1) is 18.8. The first-order valence-corrected chi connectivity index (χ1v) is 10.0. The molecule has 1 aromatic heterocycles. The molecule has 0 bridgehead atoms. The molecule has 26 heavy (non-hydrogen) atoms. The summed E-state index contributed by atoms with van der Waals surface area (Å²) in [7, 11) is -3.99. The molecule has 0 radical (unpaired) electrons. The lowest BCUT2D eigenvalue weighted by Gasteiger charge is -2.20. The van der Waals surface area contributed by atoms with Gasteiger partial charge in [0.2, 0.25) is 10.0 Å². The molecule has 0 aliphatic rings. The van der Waals surface area contributed by atoms with Gasteiger partial charge in [-0.15, -0.1) is 0 Å². The van der Waals surface area contributed by atoms with Crippen LogP contribution in [0.2, 0.25) is 0 Å². The molecule has 1 N–H and O–H groups in total. The van der Waals surface area contributed by atoms with Gasteiger partial charge in [0.1, 0.15) is 16.4 Å². The van der Waals surface area contributed by atoms with Crippen LogP contribution >= 0.6 is 15.9 Å². The highest BCUT2D eigenvalue weighted by Gasteiger charge is 2.29. The van der Waals surface area contributed by atoms with E-state index in [1.807, 2.05) is 0 Å². The molecule has 1 atom stereocenters. The lowest BCUT2D eigenvalue weighted by molar-refractivity contribution is 0.390. The Balaban J connectivity index is 2.10. The molecule has 0 spiro atoms. The molecule has 3 aromatic rings. The second-order valence-electron chi connectivity index (χ2n) is 5.78. The van der Waals surface area contributed by atoms with Crippen molar-refractivity contribution in [2.75, 3.05) is 0 Å². The van der Waals surface area contributed by atoms with Gasteiger partial charge in [0, 0.05) is 10.0 Å². The summed E-state index contributed by atoms with van der Waals surface area (Å²) >= 11 is 3.21. The van der Waals surface area contributed by atoms with E-state index in [4.69, 9.17) is 4.52 Å². The van der Waals surface area contributed by atoms with Gasteiger partial charge >= 0.3 is 0 Å². The molecule has 0 aliphatic heterocycles. The third-order valence-corrected chi connectivity index (χ3v) is 6.08. The minimum atomic E-state index is -3.99. The van der Waals surface area contributed by atoms with Crippen molar-refractivity contribution in [2.45, 2.75) is 24.8 Å². The SMILES string of the molecule is Cc1noc(C)c1S(=O)(=O)N[C@H](c1ccccc1)c1ccc(Br)cc1F. The second kappa shape index (κ2) is 7.30. The van der Waals surface area contributed by atoms with Gasteiger partial charge in [0.15, 0.2) is 5.76 Å². The number of hydrogen-bond acceptors (Lipinski definition) is 4. The zero-order chi connectivity index (χ0) is 18.9. The van der Waals surface area contributed by atoms with E-state index in [2.05, 4.69) is 25.8 Å². The van der Waals surface area contributed by atoms with Gasteiger partial charge in [0.05, 0.1) is 6.04 Å². The molecule has 1 heterocycles. The number of benzene rings is 2. The van der Waals surface area contributed by atoms with E-state index in [0.717, 1.165) is 0 Å². The number of aromatic nitrogens is 1. The third-order valence-electron chi connectivity index (χ3n) is 3.92. The van der Waals surface area contributed by atoms with Gasteiger partial charge in [-0.05, 0) is 31.5 Å². The van der Waals surface area contributed by atoms with Crippen molar-refractivity contribution < 1.29 is 17.3 Å². The van der Waals surface area contributed by atoms with Crippen molar-refractivity contribution in [3.8, 4) is 0 Å². The second-order valence-corrected chi connectivity index (χ2v) is 8.35. The molecule has 0 fully saturated rings. The van der Waals surface area contributed by atoms with Gasteiger partial charge < -0.3 is 4.52 Å². The molecule has 3 rings (SSSR count). The maximum Gasteiger partial charge on any atom is 0.246 e. The molecule has 136 valence electrons. The molecule has 2 aromatic carbocycles. The van der Waals surface area contributed by atoms with Gasteiger partial charge in [-0.3, -0.25) is 0 Å². The summed E-state index contributed by atoms with van der Waals surface area (Å²) in [6, 6.07) is 12.4. The minimum Gasteiger partial charge on any atom is -0.360 e. The standard InChI is InChI=1S/C18H16BrFN2O3S/c1-11-18(12(2)25-21-11)26(23,24)22-17(13-6-4-3-5-7-13)15-9-8-14(19)10-16(15)20/h3-10,17,22H,1-2H3/t17-/m1/s1. The van der Waals surface area contributed by atoms with Crippen LogP contribution in [-0.4, -0.2) is 13.6 Å². The van der Waals surface area contributed by atoms with E-state index < -0.39 is 21.9 Å². The molecule has 0 amide bonds. The van der Waals surface area contributed by atoms with Crippen LogP contribution in [-0.2, 0) is 10.0 Å². The fraction of sp³-hybridized carbons (Fsp3) is 0.167. The van der Waals surface area contributed by atoms with Gasteiger partial charge in [0.25, 0.3) is 0 Å². The number of nitrogens with zero attached hydrogens (tertiary/aromatic N) is 1. The molecular weight excluding hydrogens is 423 g/mol. The average Bonchev–Trinajstić information content (AvgIpc) is 2.93. The summed E-state index contributed by atoms with van der Waals surface area (Å²) < 4.78 is 48.5. The van der Waals surface area contributed by atoms with Crippen molar-refractivity contribution >= 4 is 26.0 Å². The highest BCUT2D eigenvalue weighted by Crippen LogP contribution is 2.29. The van der Waals surface area contributed by atoms with Crippen molar-refractivity contribution in [1.82, 2.24) is 9.88 Å². The van der Waals surface area contributed by atoms with Crippen LogP contribution in [0.4, 0.5) is 4.39 Å². The quantitative estimate of drug-likeness (QED) is 0.645. The fourth-order valence-corrected chi connectivity index (χ4v) is 4.63. The summed E-state index contributed by atoms with van der Waals surface area (Å²) in [5.41, 5.74) is 1.08. The van der Waals surface area contributed by atoms with E-state index in [-0.39, 0.29) is 21.9 Å². The van der Waals surface area contributed by atoms with Crippen LogP contribution in [0.1, 0.15) is 28.6 Å². The van der Waals surface area contributed by atoms with Crippen LogP contribution in [0.25, 0.3) is 0 Å². The Bertz CT molecular complexity index is 1020. The lowest BCUT2D eigenvalue weighted by atomic mass is 9.99. The predicted octanol–water partition coefficient (Wildman–Crippen LogP) is 4.26. The molecule has 0 unspecified atom stereocenters. The molecular formula is C18H16BrFN2O3S. The number of hydrogen-bond donors (Lipinski definition) is 1. The van der Waals surface area contributed by atoms with Crippen LogP contribution in [0.15, 0.2) is 62.4 Å². The van der Waals surface area contributed by atoms with E-state index in [0.29, 0.717) is 10.0 Å². The Morgan fingerprint density at radius 3 is 2.42 bits per heavy atom. The number of sulfonamides is 1. The summed E-state index contributed by atoms with van der Waals surface area (Å²) in [6.45, 7) is 3.06. The molecule has 8 heteroatoms. The summed E-state index contributed by atoms with van der Waals surface area (Å²) in [5.74, 6) is -0.340. The van der Waals surface area contributed by atoms with Crippen molar-refractivity contribution in [1.29, 1.82) is 0 Å². The average molecular weight is 439 g/mol. The highest BCUT2D eigenvalue weighted by atomic mass is 79.9. The Kier molecular flexibility index (Phi) is 5.27. The Labute approximate surface area is 159 Å². The molecule has 0 saturated heterocycles. The van der Waals surface area contributed by atoms with E-state index in [1.54, 1.807) is 49.4 Å². The van der Waals surface area contributed by atoms with Crippen LogP contribution in [0, 0.1) is 19.7 Å². The zero-order valence-corrected chi connectivity index (χ0v) is 16.4. The van der Waals surface area contributed by atoms with E-state index in [9.17, 15) is 12.8 Å². The summed E-state index contributed by atoms with van der Waals surface area (Å²) in [4.78, 5) is -0.0315. The number of rotatable bonds is 5. The highest BCUT2D eigenvalue weighted by molar-refractivity contribution is 9.10.